The fourth-order valence-corrected chi connectivity index (χ4v) is 0. The van der Waals surface area contributed by atoms with Gasteiger partial charge < -0.3 is 11.0 Å². The van der Waals surface area contributed by atoms with Gasteiger partial charge in [0.2, 0.25) is 0 Å². The molecule has 0 aromatic rings. The zero-order valence-corrected chi connectivity index (χ0v) is 14.3. The Morgan fingerprint density at radius 1 is 0.833 bits per heavy atom. The minimum atomic E-state index is 0. The van der Waals surface area contributed by atoms with E-state index in [2.05, 4.69) is 0 Å². The van der Waals surface area contributed by atoms with Gasteiger partial charge in [0.25, 0.3) is 0 Å². The molecule has 0 rings (SSSR count). The Morgan fingerprint density at radius 2 is 0.833 bits per heavy atom. The van der Waals surface area contributed by atoms with E-state index in [0.29, 0.717) is 0 Å². The van der Waals surface area contributed by atoms with Gasteiger partial charge in [0.1, 0.15) is 0 Å². The summed E-state index contributed by atoms with van der Waals surface area (Å²) in [7, 11) is 0. The van der Waals surface area contributed by atoms with E-state index in [-0.39, 0.29) is 97.8 Å². The summed E-state index contributed by atoms with van der Waals surface area (Å²) in [6, 6.07) is 0. The molecule has 0 heterocycles. The molecule has 6 heavy (non-hydrogen) atoms. The van der Waals surface area contributed by atoms with Crippen LogP contribution in [0, 0.1) is 0 Å². The van der Waals surface area contributed by atoms with Crippen molar-refractivity contribution in [1.29, 1.82) is 0 Å². The van der Waals surface area contributed by atoms with E-state index >= 15 is 0 Å². The van der Waals surface area contributed by atoms with Crippen LogP contribution in [0.2, 0.25) is 0 Å². The van der Waals surface area contributed by atoms with Crippen LogP contribution in [0.1, 0.15) is 0 Å². The van der Waals surface area contributed by atoms with Gasteiger partial charge in [-0.2, -0.15) is 0 Å². The summed E-state index contributed by atoms with van der Waals surface area (Å²) in [5.74, 6) is 0. The molecular formula is GeInO2SnZn. The SMILES string of the molecule is [Ge].[In].[O-2].[O-2].[Sn+4].[Zn]. The van der Waals surface area contributed by atoms with Crippen molar-refractivity contribution >= 4 is 67.3 Å². The van der Waals surface area contributed by atoms with Crippen LogP contribution < -0.4 is 0 Å². The zero-order chi connectivity index (χ0) is 0. The fourth-order valence-electron chi connectivity index (χ4n) is 0. The molecule has 0 atom stereocenters. The Kier molecular flexibility index (Phi) is 539. The minimum absolute atomic E-state index is 0. The summed E-state index contributed by atoms with van der Waals surface area (Å²) < 4.78 is 0. The van der Waals surface area contributed by atoms with E-state index in [4.69, 9.17) is 0 Å². The van der Waals surface area contributed by atoms with Gasteiger partial charge in [0.05, 0.1) is 0 Å². The van der Waals surface area contributed by atoms with Crippen LogP contribution in [0.5, 0.6) is 0 Å². The number of rotatable bonds is 0. The number of hydrogen-bond acceptors (Lipinski definition) is 0. The van der Waals surface area contributed by atoms with Crippen molar-refractivity contribution in [2.45, 2.75) is 0 Å². The van der Waals surface area contributed by atoms with E-state index < -0.39 is 0 Å². The Balaban J connectivity index is 0. The molecule has 0 aliphatic rings. The van der Waals surface area contributed by atoms with E-state index in [1.165, 1.54) is 0 Å². The molecule has 0 aliphatic carbocycles. The van der Waals surface area contributed by atoms with Gasteiger partial charge in [-0.1, -0.05) is 0 Å². The Morgan fingerprint density at radius 3 is 0.833 bits per heavy atom. The first-order chi connectivity index (χ1) is 0. The maximum Gasteiger partial charge on any atom is 4.00 e. The predicted molar refractivity (Wildman–Crippen MR) is 18.6 cm³/mol. The van der Waals surface area contributed by atoms with Gasteiger partial charge >= 0.3 is 23.9 Å². The van der Waals surface area contributed by atoms with Crippen LogP contribution in [-0.4, -0.2) is 67.3 Å². The molecule has 0 spiro atoms. The van der Waals surface area contributed by atoms with E-state index in [9.17, 15) is 0 Å². The maximum atomic E-state index is 0. The summed E-state index contributed by atoms with van der Waals surface area (Å²) in [5.41, 5.74) is 0. The van der Waals surface area contributed by atoms with Crippen molar-refractivity contribution in [3.8, 4) is 0 Å². The van der Waals surface area contributed by atoms with Gasteiger partial charge in [0, 0.05) is 62.9 Å². The molecule has 0 aromatic heterocycles. The second-order valence-electron chi connectivity index (χ2n) is 0. The molecule has 0 saturated carbocycles. The molecule has 0 fully saturated rings. The molecular weight excluding hydrogens is 404 g/mol. The molecule has 0 unspecified atom stereocenters. The quantitative estimate of drug-likeness (QED) is 0.448. The summed E-state index contributed by atoms with van der Waals surface area (Å²) in [5, 5.41) is 0. The predicted octanol–water partition coefficient (Wildman–Crippen LogP) is -1.38. The largest absolute Gasteiger partial charge is 4.00 e. The summed E-state index contributed by atoms with van der Waals surface area (Å²) in [6.07, 6.45) is 0. The van der Waals surface area contributed by atoms with Crippen molar-refractivity contribution in [3.63, 3.8) is 0 Å². The first-order valence-corrected chi connectivity index (χ1v) is 0. The smallest absolute Gasteiger partial charge is 2.00 e. The Labute approximate surface area is 96.3 Å². The summed E-state index contributed by atoms with van der Waals surface area (Å²) in [4.78, 5) is 0. The third-order valence-corrected chi connectivity index (χ3v) is 0. The van der Waals surface area contributed by atoms with Gasteiger partial charge in [0.15, 0.2) is 0 Å². The Bertz CT molecular complexity index is 13.5. The normalized spacial score (nSPS) is 0. The molecule has 0 amide bonds. The van der Waals surface area contributed by atoms with Crippen LogP contribution >= 0.6 is 0 Å². The maximum absolute atomic E-state index is 0. The van der Waals surface area contributed by atoms with Gasteiger partial charge in [-0.25, -0.2) is 0 Å². The third-order valence-electron chi connectivity index (χ3n) is 0. The summed E-state index contributed by atoms with van der Waals surface area (Å²) in [6.45, 7) is 0. The second kappa shape index (κ2) is 46.6. The first kappa shape index (κ1) is 69.4. The van der Waals surface area contributed by atoms with Crippen LogP contribution in [0.3, 0.4) is 0 Å². The standard InChI is InChI=1S/Ge.In.2O.Sn.Zn/q;;2*-2;+4;. The number of hydrogen-bond donors (Lipinski definition) is 0. The first-order valence-electron chi connectivity index (χ1n) is 0. The van der Waals surface area contributed by atoms with Crippen molar-refractivity contribution in [3.05, 3.63) is 0 Å². The summed E-state index contributed by atoms with van der Waals surface area (Å²) >= 11 is 0. The van der Waals surface area contributed by atoms with Gasteiger partial charge in [-0.15, -0.1) is 0 Å². The molecule has 25 valence electrons. The van der Waals surface area contributed by atoms with Crippen molar-refractivity contribution in [2.75, 3.05) is 0 Å². The fraction of sp³-hybridized carbons (Fsp3) is 0. The van der Waals surface area contributed by atoms with E-state index in [1.54, 1.807) is 0 Å². The van der Waals surface area contributed by atoms with Crippen LogP contribution in [0.4, 0.5) is 0 Å². The molecule has 0 aromatic carbocycles. The zero-order valence-electron chi connectivity index (χ0n) is 3.10. The van der Waals surface area contributed by atoms with E-state index in [0.717, 1.165) is 0 Å². The van der Waals surface area contributed by atoms with Crippen LogP contribution in [0.25, 0.3) is 0 Å². The van der Waals surface area contributed by atoms with Crippen LogP contribution in [-0.2, 0) is 30.4 Å². The Hall–Kier alpha value is 2.76. The molecule has 0 N–H and O–H groups in total. The van der Waals surface area contributed by atoms with Gasteiger partial charge in [-0.05, 0) is 0 Å². The molecule has 0 bridgehead atoms. The molecule has 0 saturated heterocycles. The minimum Gasteiger partial charge on any atom is -2.00 e. The average Bonchev–Trinajstić information content (AvgIpc) is 0. The second-order valence-corrected chi connectivity index (χ2v) is 0. The molecule has 7 radical (unpaired) electrons. The average molecular weight is 404 g/mol. The molecule has 0 aliphatic heterocycles. The van der Waals surface area contributed by atoms with Crippen molar-refractivity contribution in [1.82, 2.24) is 0 Å². The van der Waals surface area contributed by atoms with E-state index in [1.807, 2.05) is 0 Å². The van der Waals surface area contributed by atoms with Crippen molar-refractivity contribution in [2.24, 2.45) is 0 Å². The molecule has 6 heteroatoms. The van der Waals surface area contributed by atoms with Crippen molar-refractivity contribution < 1.29 is 30.4 Å². The monoisotopic (exact) mass is 405 g/mol. The van der Waals surface area contributed by atoms with Crippen LogP contribution in [0.15, 0.2) is 0 Å². The molecule has 2 nitrogen and oxygen atoms in total. The third kappa shape index (κ3) is 29.5. The topological polar surface area (TPSA) is 57.0 Å². The van der Waals surface area contributed by atoms with Gasteiger partial charge in [-0.3, -0.25) is 0 Å².